The van der Waals surface area contributed by atoms with Gasteiger partial charge in [0.25, 0.3) is 5.91 Å². The summed E-state index contributed by atoms with van der Waals surface area (Å²) in [5.74, 6) is -0.0548. The highest BCUT2D eigenvalue weighted by atomic mass is 16.2. The van der Waals surface area contributed by atoms with E-state index in [0.29, 0.717) is 18.7 Å². The van der Waals surface area contributed by atoms with Gasteiger partial charge in [0.2, 0.25) is 5.91 Å². The van der Waals surface area contributed by atoms with Crippen LogP contribution in [0.1, 0.15) is 48.3 Å². The lowest BCUT2D eigenvalue weighted by Crippen LogP contribution is -2.49. The molecule has 2 heterocycles. The molecule has 1 fully saturated rings. The van der Waals surface area contributed by atoms with Crippen LogP contribution in [0.15, 0.2) is 24.2 Å². The van der Waals surface area contributed by atoms with Gasteiger partial charge in [-0.25, -0.2) is 4.98 Å². The number of nitrogens with zero attached hydrogens (tertiary/aromatic N) is 3. The first-order valence-corrected chi connectivity index (χ1v) is 8.06. The van der Waals surface area contributed by atoms with Gasteiger partial charge in [-0.1, -0.05) is 6.08 Å². The third kappa shape index (κ3) is 2.98. The van der Waals surface area contributed by atoms with Gasteiger partial charge >= 0.3 is 0 Å². The van der Waals surface area contributed by atoms with Crippen molar-refractivity contribution in [3.8, 4) is 0 Å². The maximum absolute atomic E-state index is 12.3. The smallest absolute Gasteiger partial charge is 0.271 e. The lowest BCUT2D eigenvalue weighted by atomic mass is 9.70. The number of aryl methyl sites for hydroxylation is 1. The normalized spacial score (nSPS) is 24.0. The number of hydrogen-bond donors (Lipinski definition) is 1. The Balaban J connectivity index is 1.74. The molecule has 0 bridgehead atoms. The van der Waals surface area contributed by atoms with E-state index in [-0.39, 0.29) is 17.2 Å². The van der Waals surface area contributed by atoms with E-state index in [1.165, 1.54) is 6.20 Å². The summed E-state index contributed by atoms with van der Waals surface area (Å²) in [6.07, 6.45) is 9.64. The summed E-state index contributed by atoms with van der Waals surface area (Å²) in [7, 11) is 1.83. The van der Waals surface area contributed by atoms with Crippen LogP contribution in [-0.2, 0) is 4.79 Å². The Bertz CT molecular complexity index is 653. The average Bonchev–Trinajstić information content (AvgIpc) is 2.57. The predicted octanol–water partition coefficient (Wildman–Crippen LogP) is 1.82. The minimum Gasteiger partial charge on any atom is -0.350 e. The highest BCUT2D eigenvalue weighted by molar-refractivity contribution is 5.92. The summed E-state index contributed by atoms with van der Waals surface area (Å²) in [4.78, 5) is 34.3. The van der Waals surface area contributed by atoms with Gasteiger partial charge in [-0.15, -0.1) is 0 Å². The zero-order valence-electron chi connectivity index (χ0n) is 13.6. The van der Waals surface area contributed by atoms with Crippen molar-refractivity contribution in [3.63, 3.8) is 0 Å². The fourth-order valence-corrected chi connectivity index (χ4v) is 3.54. The topological polar surface area (TPSA) is 75.2 Å². The van der Waals surface area contributed by atoms with Crippen LogP contribution in [0.4, 0.5) is 0 Å². The molecule has 1 atom stereocenters. The molecule has 6 heteroatoms. The van der Waals surface area contributed by atoms with Crippen molar-refractivity contribution in [1.29, 1.82) is 0 Å². The quantitative estimate of drug-likeness (QED) is 0.923. The summed E-state index contributed by atoms with van der Waals surface area (Å²) in [5, 5.41) is 2.99. The van der Waals surface area contributed by atoms with E-state index in [2.05, 4.69) is 21.4 Å². The SMILES string of the molecule is Cc1cnc(C(=O)NCC23CCCC=C2N(C)C(=O)CC3)cn1. The third-order valence-electron chi connectivity index (χ3n) is 4.89. The molecule has 1 saturated heterocycles. The number of allylic oxidation sites excluding steroid dienone is 1. The van der Waals surface area contributed by atoms with Crippen molar-refractivity contribution < 1.29 is 9.59 Å². The lowest BCUT2D eigenvalue weighted by Gasteiger charge is -2.46. The van der Waals surface area contributed by atoms with Crippen molar-refractivity contribution in [1.82, 2.24) is 20.2 Å². The maximum atomic E-state index is 12.3. The van der Waals surface area contributed by atoms with Gasteiger partial charge in [-0.3, -0.25) is 14.6 Å². The summed E-state index contributed by atoms with van der Waals surface area (Å²) >= 11 is 0. The molecule has 23 heavy (non-hydrogen) atoms. The first-order chi connectivity index (χ1) is 11.0. The molecule has 0 radical (unpaired) electrons. The fourth-order valence-electron chi connectivity index (χ4n) is 3.54. The monoisotopic (exact) mass is 314 g/mol. The highest BCUT2D eigenvalue weighted by Crippen LogP contribution is 2.45. The zero-order valence-corrected chi connectivity index (χ0v) is 13.6. The molecule has 1 aliphatic carbocycles. The number of rotatable bonds is 3. The lowest BCUT2D eigenvalue weighted by molar-refractivity contribution is -0.132. The van der Waals surface area contributed by atoms with Gasteiger partial charge in [0.05, 0.1) is 11.9 Å². The number of carbonyl (C=O) groups is 2. The second-order valence-corrected chi connectivity index (χ2v) is 6.44. The van der Waals surface area contributed by atoms with Crippen molar-refractivity contribution >= 4 is 11.8 Å². The van der Waals surface area contributed by atoms with Crippen LogP contribution in [0.2, 0.25) is 0 Å². The minimum absolute atomic E-state index is 0.130. The van der Waals surface area contributed by atoms with Crippen LogP contribution < -0.4 is 5.32 Å². The Morgan fingerprint density at radius 2 is 2.17 bits per heavy atom. The summed E-state index contributed by atoms with van der Waals surface area (Å²) in [6.45, 7) is 2.37. The Morgan fingerprint density at radius 1 is 1.35 bits per heavy atom. The fraction of sp³-hybridized carbons (Fsp3) is 0.529. The standard InChI is InChI=1S/C17H22N4O2/c1-12-9-19-13(10-18-12)16(23)20-11-17-7-4-3-5-14(17)21(2)15(22)6-8-17/h5,9-10H,3-4,6-8,11H2,1-2H3,(H,20,23). The van der Waals surface area contributed by atoms with Crippen LogP contribution in [0, 0.1) is 12.3 Å². The van der Waals surface area contributed by atoms with E-state index < -0.39 is 0 Å². The van der Waals surface area contributed by atoms with Crippen LogP contribution in [0.25, 0.3) is 0 Å². The number of likely N-dealkylation sites (tertiary alicyclic amines) is 1. The van der Waals surface area contributed by atoms with Crippen molar-refractivity contribution in [2.45, 2.75) is 39.0 Å². The predicted molar refractivity (Wildman–Crippen MR) is 85.5 cm³/mol. The first kappa shape index (κ1) is 15.6. The van der Waals surface area contributed by atoms with Gasteiger partial charge < -0.3 is 10.2 Å². The minimum atomic E-state index is -0.212. The summed E-state index contributed by atoms with van der Waals surface area (Å²) < 4.78 is 0. The molecule has 2 aliphatic rings. The summed E-state index contributed by atoms with van der Waals surface area (Å²) in [5.41, 5.74) is 2.04. The Hall–Kier alpha value is -2.24. The number of hydrogen-bond acceptors (Lipinski definition) is 4. The van der Waals surface area contributed by atoms with Gasteiger partial charge in [0, 0.05) is 37.3 Å². The molecule has 0 spiro atoms. The number of carbonyl (C=O) groups excluding carboxylic acids is 2. The molecule has 1 N–H and O–H groups in total. The van der Waals surface area contributed by atoms with Crippen LogP contribution in [-0.4, -0.2) is 40.3 Å². The van der Waals surface area contributed by atoms with Gasteiger partial charge in [-0.2, -0.15) is 0 Å². The molecule has 0 aromatic carbocycles. The van der Waals surface area contributed by atoms with E-state index in [9.17, 15) is 9.59 Å². The van der Waals surface area contributed by atoms with Crippen molar-refractivity contribution in [2.75, 3.05) is 13.6 Å². The molecule has 1 aromatic heterocycles. The van der Waals surface area contributed by atoms with E-state index in [4.69, 9.17) is 0 Å². The second kappa shape index (κ2) is 6.10. The van der Waals surface area contributed by atoms with E-state index in [1.807, 2.05) is 14.0 Å². The van der Waals surface area contributed by atoms with Gasteiger partial charge in [0.1, 0.15) is 5.69 Å². The van der Waals surface area contributed by atoms with Gasteiger partial charge in [0.15, 0.2) is 0 Å². The largest absolute Gasteiger partial charge is 0.350 e. The Morgan fingerprint density at radius 3 is 2.91 bits per heavy atom. The molecule has 2 amide bonds. The number of piperidine rings is 1. The molecule has 1 unspecified atom stereocenters. The van der Waals surface area contributed by atoms with Crippen molar-refractivity contribution in [3.05, 3.63) is 35.6 Å². The molecule has 3 rings (SSSR count). The van der Waals surface area contributed by atoms with Crippen molar-refractivity contribution in [2.24, 2.45) is 5.41 Å². The third-order valence-corrected chi connectivity index (χ3v) is 4.89. The van der Waals surface area contributed by atoms with Crippen LogP contribution in [0.3, 0.4) is 0 Å². The van der Waals surface area contributed by atoms with E-state index in [0.717, 1.165) is 37.1 Å². The van der Waals surface area contributed by atoms with Gasteiger partial charge in [-0.05, 0) is 32.6 Å². The Kier molecular flexibility index (Phi) is 4.15. The zero-order chi connectivity index (χ0) is 16.4. The number of amides is 2. The van der Waals surface area contributed by atoms with E-state index in [1.54, 1.807) is 11.1 Å². The van der Waals surface area contributed by atoms with Crippen LogP contribution >= 0.6 is 0 Å². The molecule has 0 saturated carbocycles. The summed E-state index contributed by atoms with van der Waals surface area (Å²) in [6, 6.07) is 0. The molecule has 122 valence electrons. The molecular weight excluding hydrogens is 292 g/mol. The Labute approximate surface area is 136 Å². The molecule has 1 aliphatic heterocycles. The number of nitrogens with one attached hydrogen (secondary N) is 1. The second-order valence-electron chi connectivity index (χ2n) is 6.44. The highest BCUT2D eigenvalue weighted by Gasteiger charge is 2.43. The maximum Gasteiger partial charge on any atom is 0.271 e. The molecular formula is C17H22N4O2. The van der Waals surface area contributed by atoms with E-state index >= 15 is 0 Å². The number of aromatic nitrogens is 2. The number of fused-ring (bicyclic) bond motifs is 1. The molecule has 6 nitrogen and oxygen atoms in total. The average molecular weight is 314 g/mol. The van der Waals surface area contributed by atoms with Crippen LogP contribution in [0.5, 0.6) is 0 Å². The molecule has 1 aromatic rings. The first-order valence-electron chi connectivity index (χ1n) is 8.06.